The Labute approximate surface area is 123 Å². The third-order valence-electron chi connectivity index (χ3n) is 3.89. The zero-order chi connectivity index (χ0) is 14.7. The predicted octanol–water partition coefficient (Wildman–Crippen LogP) is 2.15. The minimum absolute atomic E-state index is 0.0871. The van der Waals surface area contributed by atoms with Gasteiger partial charge < -0.3 is 21.1 Å². The largest absolute Gasteiger partial charge is 0.377 e. The van der Waals surface area contributed by atoms with Crippen LogP contribution in [0.4, 0.5) is 4.79 Å². The number of ether oxygens (including phenoxy) is 1. The number of unbranched alkanes of at least 4 members (excludes halogenated alkanes) is 7. The molecule has 1 aliphatic heterocycles. The lowest BCUT2D eigenvalue weighted by Crippen LogP contribution is -2.66. The van der Waals surface area contributed by atoms with E-state index in [1.807, 2.05) is 0 Å². The minimum atomic E-state index is -0.467. The number of hydrogen-bond donors (Lipinski definition) is 3. The van der Waals surface area contributed by atoms with Crippen LogP contribution >= 0.6 is 0 Å². The lowest BCUT2D eigenvalue weighted by Gasteiger charge is -2.42. The van der Waals surface area contributed by atoms with Gasteiger partial charge in [-0.1, -0.05) is 51.9 Å². The highest BCUT2D eigenvalue weighted by atomic mass is 16.5. The van der Waals surface area contributed by atoms with Gasteiger partial charge in [0.15, 0.2) is 0 Å². The van der Waals surface area contributed by atoms with Crippen LogP contribution in [0, 0.1) is 0 Å². The highest BCUT2D eigenvalue weighted by Crippen LogP contribution is 2.16. The Morgan fingerprint density at radius 2 is 1.70 bits per heavy atom. The first kappa shape index (κ1) is 17.2. The zero-order valence-corrected chi connectivity index (χ0v) is 12.9. The molecule has 2 amide bonds. The van der Waals surface area contributed by atoms with Crippen LogP contribution in [0.1, 0.15) is 58.3 Å². The van der Waals surface area contributed by atoms with Gasteiger partial charge in [-0.2, -0.15) is 0 Å². The van der Waals surface area contributed by atoms with Gasteiger partial charge in [0.2, 0.25) is 0 Å². The van der Waals surface area contributed by atoms with Crippen molar-refractivity contribution in [3.05, 3.63) is 0 Å². The summed E-state index contributed by atoms with van der Waals surface area (Å²) in [5.41, 5.74) is 5.02. The van der Waals surface area contributed by atoms with Crippen molar-refractivity contribution in [1.29, 1.82) is 0 Å². The van der Waals surface area contributed by atoms with E-state index in [1.54, 1.807) is 0 Å². The van der Waals surface area contributed by atoms with Crippen LogP contribution < -0.4 is 16.4 Å². The monoisotopic (exact) mass is 285 g/mol. The summed E-state index contributed by atoms with van der Waals surface area (Å²) in [6, 6.07) is -0.467. The normalized spacial score (nSPS) is 16.6. The van der Waals surface area contributed by atoms with E-state index in [2.05, 4.69) is 17.6 Å². The zero-order valence-electron chi connectivity index (χ0n) is 12.9. The van der Waals surface area contributed by atoms with Crippen molar-refractivity contribution in [1.82, 2.24) is 10.6 Å². The van der Waals surface area contributed by atoms with Crippen molar-refractivity contribution >= 4 is 6.03 Å². The number of urea groups is 1. The fourth-order valence-electron chi connectivity index (χ4n) is 2.48. The van der Waals surface area contributed by atoms with Crippen LogP contribution in [-0.2, 0) is 4.74 Å². The van der Waals surface area contributed by atoms with Crippen LogP contribution in [-0.4, -0.2) is 37.9 Å². The van der Waals surface area contributed by atoms with Crippen LogP contribution in [0.5, 0.6) is 0 Å². The molecule has 1 fully saturated rings. The van der Waals surface area contributed by atoms with Gasteiger partial charge in [-0.3, -0.25) is 0 Å². The molecule has 0 atom stereocenters. The van der Waals surface area contributed by atoms with E-state index in [-0.39, 0.29) is 5.54 Å². The molecule has 118 valence electrons. The summed E-state index contributed by atoms with van der Waals surface area (Å²) in [4.78, 5) is 10.8. The smallest absolute Gasteiger partial charge is 0.312 e. The summed E-state index contributed by atoms with van der Waals surface area (Å²) in [7, 11) is 0. The van der Waals surface area contributed by atoms with Crippen molar-refractivity contribution in [2.24, 2.45) is 5.73 Å². The van der Waals surface area contributed by atoms with E-state index in [0.717, 1.165) is 6.54 Å². The molecule has 5 nitrogen and oxygen atoms in total. The van der Waals surface area contributed by atoms with Crippen LogP contribution in [0.25, 0.3) is 0 Å². The molecule has 0 aromatic rings. The Bertz CT molecular complexity index is 268. The second kappa shape index (κ2) is 10.00. The molecule has 4 N–H and O–H groups in total. The average molecular weight is 285 g/mol. The molecule has 0 unspecified atom stereocenters. The highest BCUT2D eigenvalue weighted by molar-refractivity contribution is 5.71. The van der Waals surface area contributed by atoms with Crippen LogP contribution in [0.15, 0.2) is 0 Å². The quantitative estimate of drug-likeness (QED) is 0.481. The Morgan fingerprint density at radius 1 is 1.10 bits per heavy atom. The van der Waals surface area contributed by atoms with E-state index in [0.29, 0.717) is 19.8 Å². The highest BCUT2D eigenvalue weighted by Gasteiger charge is 2.37. The molecule has 0 saturated carbocycles. The molecule has 0 spiro atoms. The van der Waals surface area contributed by atoms with E-state index in [9.17, 15) is 4.79 Å². The van der Waals surface area contributed by atoms with Gasteiger partial charge in [0, 0.05) is 6.54 Å². The fraction of sp³-hybridized carbons (Fsp3) is 0.933. The van der Waals surface area contributed by atoms with E-state index >= 15 is 0 Å². The molecule has 20 heavy (non-hydrogen) atoms. The molecule has 5 heteroatoms. The number of hydrogen-bond acceptors (Lipinski definition) is 3. The Morgan fingerprint density at radius 3 is 2.20 bits per heavy atom. The third-order valence-corrected chi connectivity index (χ3v) is 3.89. The first-order chi connectivity index (χ1) is 9.68. The molecule has 0 aromatic carbocycles. The number of carbonyl (C=O) groups excluding carboxylic acids is 1. The average Bonchev–Trinajstić information content (AvgIpc) is 2.38. The van der Waals surface area contributed by atoms with Gasteiger partial charge in [0.1, 0.15) is 0 Å². The van der Waals surface area contributed by atoms with Gasteiger partial charge in [-0.15, -0.1) is 0 Å². The second-order valence-electron chi connectivity index (χ2n) is 5.89. The summed E-state index contributed by atoms with van der Waals surface area (Å²) in [5.74, 6) is 0. The lowest BCUT2D eigenvalue weighted by atomic mass is 9.97. The molecule has 1 heterocycles. The summed E-state index contributed by atoms with van der Waals surface area (Å²) >= 11 is 0. The van der Waals surface area contributed by atoms with Crippen molar-refractivity contribution in [2.45, 2.75) is 63.8 Å². The predicted molar refractivity (Wildman–Crippen MR) is 81.7 cm³/mol. The maximum absolute atomic E-state index is 10.8. The SMILES string of the molecule is CCCCCCCCCCNC1(CNC(N)=O)COC1. The van der Waals surface area contributed by atoms with Crippen molar-refractivity contribution < 1.29 is 9.53 Å². The number of carbonyl (C=O) groups is 1. The van der Waals surface area contributed by atoms with Gasteiger partial charge in [0.05, 0.1) is 18.8 Å². The molecule has 1 saturated heterocycles. The molecular formula is C15H31N3O2. The molecule has 1 rings (SSSR count). The van der Waals surface area contributed by atoms with Crippen LogP contribution in [0.2, 0.25) is 0 Å². The molecule has 0 aromatic heterocycles. The Balaban J connectivity index is 1.95. The molecule has 0 radical (unpaired) electrons. The lowest BCUT2D eigenvalue weighted by molar-refractivity contribution is -0.0714. The first-order valence-corrected chi connectivity index (χ1v) is 8.05. The number of nitrogens with two attached hydrogens (primary N) is 1. The standard InChI is InChI=1S/C15H31N3O2/c1-2-3-4-5-6-7-8-9-10-18-15(12-20-13-15)11-17-14(16)19/h18H,2-13H2,1H3,(H3,16,17,19). The molecule has 0 bridgehead atoms. The summed E-state index contributed by atoms with van der Waals surface area (Å²) in [6.07, 6.45) is 10.6. The van der Waals surface area contributed by atoms with Crippen molar-refractivity contribution in [3.63, 3.8) is 0 Å². The minimum Gasteiger partial charge on any atom is -0.377 e. The van der Waals surface area contributed by atoms with Gasteiger partial charge >= 0.3 is 6.03 Å². The number of nitrogens with one attached hydrogen (secondary N) is 2. The topological polar surface area (TPSA) is 76.4 Å². The summed E-state index contributed by atoms with van der Waals surface area (Å²) < 4.78 is 5.25. The third kappa shape index (κ3) is 7.10. The maximum Gasteiger partial charge on any atom is 0.312 e. The molecular weight excluding hydrogens is 254 g/mol. The van der Waals surface area contributed by atoms with E-state index < -0.39 is 6.03 Å². The van der Waals surface area contributed by atoms with E-state index in [4.69, 9.17) is 10.5 Å². The summed E-state index contributed by atoms with van der Waals surface area (Å²) in [5, 5.41) is 6.17. The first-order valence-electron chi connectivity index (χ1n) is 8.05. The second-order valence-corrected chi connectivity index (χ2v) is 5.89. The van der Waals surface area contributed by atoms with Gasteiger partial charge in [0.25, 0.3) is 0 Å². The Kier molecular flexibility index (Phi) is 8.62. The number of primary amides is 1. The van der Waals surface area contributed by atoms with Crippen LogP contribution in [0.3, 0.4) is 0 Å². The summed E-state index contributed by atoms with van der Waals surface area (Å²) in [6.45, 7) is 5.10. The molecule has 0 aliphatic carbocycles. The van der Waals surface area contributed by atoms with Gasteiger partial charge in [-0.25, -0.2) is 4.79 Å². The number of amides is 2. The fourth-order valence-corrected chi connectivity index (χ4v) is 2.48. The van der Waals surface area contributed by atoms with Crippen molar-refractivity contribution in [2.75, 3.05) is 26.3 Å². The Hall–Kier alpha value is -0.810. The van der Waals surface area contributed by atoms with Crippen molar-refractivity contribution in [3.8, 4) is 0 Å². The number of rotatable bonds is 12. The maximum atomic E-state index is 10.8. The molecule has 1 aliphatic rings. The van der Waals surface area contributed by atoms with E-state index in [1.165, 1.54) is 51.4 Å². The van der Waals surface area contributed by atoms with Gasteiger partial charge in [-0.05, 0) is 13.0 Å².